The second-order valence-electron chi connectivity index (χ2n) is 2.72. The lowest BCUT2D eigenvalue weighted by molar-refractivity contribution is 0.0649. The number of aromatic carboxylic acids is 1. The molecule has 1 heterocycles. The number of carbonyl (C=O) groups is 1. The van der Waals surface area contributed by atoms with Crippen LogP contribution in [0.2, 0.25) is 0 Å². The molecule has 0 aliphatic rings. The van der Waals surface area contributed by atoms with E-state index in [2.05, 4.69) is 9.68 Å². The molecule has 0 aliphatic heterocycles. The Kier molecular flexibility index (Phi) is 2.44. The lowest BCUT2D eigenvalue weighted by Gasteiger charge is -2.06. The molecule has 1 N–H and O–H groups in total. The summed E-state index contributed by atoms with van der Waals surface area (Å²) in [6.45, 7) is 0.519. The molecule has 1 rings (SSSR count). The van der Waals surface area contributed by atoms with Gasteiger partial charge in [-0.1, -0.05) is 5.16 Å². The molecule has 1 aromatic heterocycles. The van der Waals surface area contributed by atoms with Crippen LogP contribution in [0.1, 0.15) is 16.1 Å². The third-order valence-corrected chi connectivity index (χ3v) is 1.32. The first kappa shape index (κ1) is 8.73. The van der Waals surface area contributed by atoms with Gasteiger partial charge in [-0.25, -0.2) is 4.79 Å². The van der Waals surface area contributed by atoms with E-state index in [0.717, 1.165) is 0 Å². The first-order valence-electron chi connectivity index (χ1n) is 3.43. The standard InChI is InChI=1S/C7H10N2O3/c1-9(2)4-5-3-8-12-6(5)7(10)11/h3H,4H2,1-2H3,(H,10,11). The van der Waals surface area contributed by atoms with Crippen molar-refractivity contribution in [1.82, 2.24) is 10.1 Å². The Hall–Kier alpha value is -1.36. The van der Waals surface area contributed by atoms with Crippen molar-refractivity contribution < 1.29 is 14.4 Å². The summed E-state index contributed by atoms with van der Waals surface area (Å²) in [6, 6.07) is 0. The molecule has 0 unspecified atom stereocenters. The highest BCUT2D eigenvalue weighted by atomic mass is 16.5. The Morgan fingerprint density at radius 2 is 2.42 bits per heavy atom. The Morgan fingerprint density at radius 1 is 1.75 bits per heavy atom. The van der Waals surface area contributed by atoms with Gasteiger partial charge in [0.25, 0.3) is 0 Å². The third kappa shape index (κ3) is 1.82. The summed E-state index contributed by atoms with van der Waals surface area (Å²) in [5, 5.41) is 12.0. The van der Waals surface area contributed by atoms with Crippen LogP contribution in [0.25, 0.3) is 0 Å². The lowest BCUT2D eigenvalue weighted by Crippen LogP contribution is -2.12. The van der Waals surface area contributed by atoms with Gasteiger partial charge >= 0.3 is 5.97 Å². The second-order valence-corrected chi connectivity index (χ2v) is 2.72. The zero-order chi connectivity index (χ0) is 9.14. The second kappa shape index (κ2) is 3.36. The molecule has 0 bridgehead atoms. The van der Waals surface area contributed by atoms with Crippen molar-refractivity contribution >= 4 is 5.97 Å². The summed E-state index contributed by atoms with van der Waals surface area (Å²) in [5.74, 6) is -1.16. The van der Waals surface area contributed by atoms with E-state index >= 15 is 0 Å². The van der Waals surface area contributed by atoms with Gasteiger partial charge in [0.05, 0.1) is 6.20 Å². The van der Waals surface area contributed by atoms with Crippen LogP contribution in [-0.4, -0.2) is 35.2 Å². The van der Waals surface area contributed by atoms with E-state index in [1.54, 1.807) is 0 Å². The fourth-order valence-electron chi connectivity index (χ4n) is 0.890. The van der Waals surface area contributed by atoms with Gasteiger partial charge in [0, 0.05) is 12.1 Å². The van der Waals surface area contributed by atoms with E-state index in [1.165, 1.54) is 6.20 Å². The predicted molar refractivity (Wildman–Crippen MR) is 40.9 cm³/mol. The van der Waals surface area contributed by atoms with Crippen LogP contribution >= 0.6 is 0 Å². The van der Waals surface area contributed by atoms with Crippen LogP contribution in [0.5, 0.6) is 0 Å². The summed E-state index contributed by atoms with van der Waals surface area (Å²) in [5.41, 5.74) is 0.590. The highest BCUT2D eigenvalue weighted by Gasteiger charge is 2.15. The van der Waals surface area contributed by atoms with Crippen molar-refractivity contribution in [3.05, 3.63) is 17.5 Å². The Labute approximate surface area is 69.6 Å². The highest BCUT2D eigenvalue weighted by Crippen LogP contribution is 2.08. The van der Waals surface area contributed by atoms with E-state index in [-0.39, 0.29) is 5.76 Å². The zero-order valence-corrected chi connectivity index (χ0v) is 6.94. The van der Waals surface area contributed by atoms with Crippen LogP contribution < -0.4 is 0 Å². The average Bonchev–Trinajstić information content (AvgIpc) is 2.33. The number of carboxylic acid groups (broad SMARTS) is 1. The Balaban J connectivity index is 2.84. The minimum absolute atomic E-state index is 0.0799. The average molecular weight is 170 g/mol. The monoisotopic (exact) mass is 170 g/mol. The van der Waals surface area contributed by atoms with E-state index < -0.39 is 5.97 Å². The van der Waals surface area contributed by atoms with E-state index in [1.807, 2.05) is 19.0 Å². The molecule has 1 aromatic rings. The molecule has 0 saturated heterocycles. The number of carboxylic acids is 1. The summed E-state index contributed by atoms with van der Waals surface area (Å²) in [6.07, 6.45) is 1.42. The molecule has 0 spiro atoms. The number of aromatic nitrogens is 1. The summed E-state index contributed by atoms with van der Waals surface area (Å²) >= 11 is 0. The fourth-order valence-corrected chi connectivity index (χ4v) is 0.890. The molecule has 0 aliphatic carbocycles. The highest BCUT2D eigenvalue weighted by molar-refractivity contribution is 5.85. The largest absolute Gasteiger partial charge is 0.475 e. The van der Waals surface area contributed by atoms with Crippen molar-refractivity contribution in [3.63, 3.8) is 0 Å². The number of hydrogen-bond acceptors (Lipinski definition) is 4. The van der Waals surface area contributed by atoms with Gasteiger partial charge in [-0.05, 0) is 14.1 Å². The normalized spacial score (nSPS) is 10.6. The molecule has 0 aromatic carbocycles. The van der Waals surface area contributed by atoms with Gasteiger partial charge in [0.2, 0.25) is 5.76 Å². The van der Waals surface area contributed by atoms with Crippen LogP contribution in [0, 0.1) is 0 Å². The molecule has 66 valence electrons. The van der Waals surface area contributed by atoms with Crippen molar-refractivity contribution in [2.75, 3.05) is 14.1 Å². The number of hydrogen-bond donors (Lipinski definition) is 1. The van der Waals surface area contributed by atoms with Gasteiger partial charge in [-0.2, -0.15) is 0 Å². The smallest absolute Gasteiger partial charge is 0.375 e. The fraction of sp³-hybridized carbons (Fsp3) is 0.429. The predicted octanol–water partition coefficient (Wildman–Crippen LogP) is 0.434. The first-order valence-corrected chi connectivity index (χ1v) is 3.43. The maximum atomic E-state index is 10.5. The molecule has 0 radical (unpaired) electrons. The Bertz CT molecular complexity index is 280. The van der Waals surface area contributed by atoms with Gasteiger partial charge in [0.15, 0.2) is 0 Å². The summed E-state index contributed by atoms with van der Waals surface area (Å²) < 4.78 is 4.55. The summed E-state index contributed by atoms with van der Waals surface area (Å²) in [7, 11) is 3.69. The van der Waals surface area contributed by atoms with Crippen molar-refractivity contribution in [3.8, 4) is 0 Å². The SMILES string of the molecule is CN(C)Cc1cnoc1C(=O)O. The van der Waals surface area contributed by atoms with Crippen LogP contribution in [0.3, 0.4) is 0 Å². The quantitative estimate of drug-likeness (QED) is 0.712. The number of nitrogens with zero attached hydrogens (tertiary/aromatic N) is 2. The van der Waals surface area contributed by atoms with Gasteiger partial charge in [-0.3, -0.25) is 0 Å². The molecule has 5 heteroatoms. The first-order chi connectivity index (χ1) is 5.61. The van der Waals surface area contributed by atoms with Gasteiger partial charge < -0.3 is 14.5 Å². The van der Waals surface area contributed by atoms with Crippen molar-refractivity contribution in [2.45, 2.75) is 6.54 Å². The molecule has 5 nitrogen and oxygen atoms in total. The molecular formula is C7H10N2O3. The van der Waals surface area contributed by atoms with E-state index in [4.69, 9.17) is 5.11 Å². The molecule has 0 saturated carbocycles. The van der Waals surface area contributed by atoms with Gasteiger partial charge in [-0.15, -0.1) is 0 Å². The lowest BCUT2D eigenvalue weighted by atomic mass is 10.2. The Morgan fingerprint density at radius 3 is 2.92 bits per heavy atom. The van der Waals surface area contributed by atoms with E-state index in [9.17, 15) is 4.79 Å². The topological polar surface area (TPSA) is 66.6 Å². The summed E-state index contributed by atoms with van der Waals surface area (Å²) in [4.78, 5) is 12.4. The molecule has 12 heavy (non-hydrogen) atoms. The minimum Gasteiger partial charge on any atom is -0.475 e. The van der Waals surface area contributed by atoms with Gasteiger partial charge in [0.1, 0.15) is 0 Å². The van der Waals surface area contributed by atoms with Crippen LogP contribution in [0.15, 0.2) is 10.7 Å². The number of rotatable bonds is 3. The maximum Gasteiger partial charge on any atom is 0.375 e. The van der Waals surface area contributed by atoms with Crippen LogP contribution in [-0.2, 0) is 6.54 Å². The molecule has 0 fully saturated rings. The minimum atomic E-state index is -1.08. The van der Waals surface area contributed by atoms with E-state index in [0.29, 0.717) is 12.1 Å². The van der Waals surface area contributed by atoms with Crippen molar-refractivity contribution in [1.29, 1.82) is 0 Å². The van der Waals surface area contributed by atoms with Crippen molar-refractivity contribution in [2.24, 2.45) is 0 Å². The molecule has 0 atom stereocenters. The molecular weight excluding hydrogens is 160 g/mol. The maximum absolute atomic E-state index is 10.5. The third-order valence-electron chi connectivity index (χ3n) is 1.32. The van der Waals surface area contributed by atoms with Crippen LogP contribution in [0.4, 0.5) is 0 Å². The molecule has 0 amide bonds. The zero-order valence-electron chi connectivity index (χ0n) is 6.94.